The van der Waals surface area contributed by atoms with E-state index in [4.69, 9.17) is 16.2 Å². The minimum atomic E-state index is 0.0765. The van der Waals surface area contributed by atoms with Gasteiger partial charge in [-0.2, -0.15) is 0 Å². The van der Waals surface area contributed by atoms with Crippen LogP contribution >= 0.6 is 27.7 Å². The zero-order chi connectivity index (χ0) is 17.4. The molecule has 130 valence electrons. The van der Waals surface area contributed by atoms with Crippen molar-refractivity contribution in [3.8, 4) is 5.75 Å². The summed E-state index contributed by atoms with van der Waals surface area (Å²) in [4.78, 5) is 1.25. The van der Waals surface area contributed by atoms with Crippen molar-refractivity contribution in [2.24, 2.45) is 17.4 Å². The molecule has 0 saturated heterocycles. The Kier molecular flexibility index (Phi) is 8.12. The molecule has 5 heteroatoms. The summed E-state index contributed by atoms with van der Waals surface area (Å²) >= 11 is 5.35. The number of thioether (sulfide) groups is 1. The van der Waals surface area contributed by atoms with Crippen LogP contribution in [0.1, 0.15) is 18.9 Å². The van der Waals surface area contributed by atoms with Crippen molar-refractivity contribution >= 4 is 27.7 Å². The van der Waals surface area contributed by atoms with Gasteiger partial charge in [0.2, 0.25) is 0 Å². The van der Waals surface area contributed by atoms with Gasteiger partial charge in [0.05, 0.1) is 6.61 Å². The Morgan fingerprint density at radius 2 is 1.92 bits per heavy atom. The molecule has 2 aromatic rings. The molecule has 3 nitrogen and oxygen atoms in total. The first kappa shape index (κ1) is 19.3. The van der Waals surface area contributed by atoms with Crippen molar-refractivity contribution in [1.82, 2.24) is 0 Å². The Hall–Kier alpha value is -1.01. The summed E-state index contributed by atoms with van der Waals surface area (Å²) in [6.45, 7) is 3.33. The van der Waals surface area contributed by atoms with Gasteiger partial charge in [0.1, 0.15) is 5.75 Å². The van der Waals surface area contributed by atoms with Crippen LogP contribution in [0, 0.1) is 5.92 Å². The van der Waals surface area contributed by atoms with Crippen molar-refractivity contribution in [2.45, 2.75) is 30.0 Å². The molecule has 0 aliphatic heterocycles. The summed E-state index contributed by atoms with van der Waals surface area (Å²) in [5, 5.41) is 0. The van der Waals surface area contributed by atoms with Gasteiger partial charge >= 0.3 is 0 Å². The number of hydrogen-bond acceptors (Lipinski definition) is 4. The molecule has 0 fully saturated rings. The van der Waals surface area contributed by atoms with Crippen LogP contribution in [0.2, 0.25) is 0 Å². The van der Waals surface area contributed by atoms with Gasteiger partial charge in [-0.05, 0) is 43.3 Å². The van der Waals surface area contributed by atoms with Crippen LogP contribution in [0.25, 0.3) is 0 Å². The van der Waals surface area contributed by atoms with Gasteiger partial charge < -0.3 is 16.2 Å². The van der Waals surface area contributed by atoms with Crippen molar-refractivity contribution in [1.29, 1.82) is 0 Å². The van der Waals surface area contributed by atoms with Gasteiger partial charge in [0, 0.05) is 32.6 Å². The Morgan fingerprint density at radius 1 is 1.17 bits per heavy atom. The molecule has 2 aromatic carbocycles. The summed E-state index contributed by atoms with van der Waals surface area (Å²) in [6.07, 6.45) is 0.821. The molecule has 0 heterocycles. The van der Waals surface area contributed by atoms with Gasteiger partial charge in [-0.3, -0.25) is 0 Å². The normalized spacial score (nSPS) is 13.5. The van der Waals surface area contributed by atoms with E-state index in [1.54, 1.807) is 11.8 Å². The average molecular weight is 409 g/mol. The zero-order valence-corrected chi connectivity index (χ0v) is 16.4. The molecule has 4 N–H and O–H groups in total. The lowest BCUT2D eigenvalue weighted by Gasteiger charge is -2.20. The summed E-state index contributed by atoms with van der Waals surface area (Å²) in [7, 11) is 0. The van der Waals surface area contributed by atoms with E-state index in [0.29, 0.717) is 13.2 Å². The third-order valence-corrected chi connectivity index (χ3v) is 5.45. The molecule has 0 spiro atoms. The molecule has 24 heavy (non-hydrogen) atoms. The summed E-state index contributed by atoms with van der Waals surface area (Å²) < 4.78 is 7.12. The van der Waals surface area contributed by atoms with Crippen LogP contribution in [-0.2, 0) is 5.75 Å². The van der Waals surface area contributed by atoms with E-state index in [0.717, 1.165) is 22.4 Å². The molecule has 0 aliphatic carbocycles. The van der Waals surface area contributed by atoms with Gasteiger partial charge in [-0.25, -0.2) is 0 Å². The highest BCUT2D eigenvalue weighted by Crippen LogP contribution is 2.30. The van der Waals surface area contributed by atoms with Gasteiger partial charge in [0.25, 0.3) is 0 Å². The van der Waals surface area contributed by atoms with Gasteiger partial charge in [-0.1, -0.05) is 41.1 Å². The van der Waals surface area contributed by atoms with Gasteiger partial charge in [0.15, 0.2) is 0 Å². The highest BCUT2D eigenvalue weighted by molar-refractivity contribution is 9.10. The Labute approximate surface area is 157 Å². The maximum atomic E-state index is 6.12. The van der Waals surface area contributed by atoms with Crippen LogP contribution in [0.4, 0.5) is 0 Å². The number of rotatable bonds is 9. The van der Waals surface area contributed by atoms with Crippen molar-refractivity contribution in [3.05, 3.63) is 58.6 Å². The number of halogens is 1. The fourth-order valence-electron chi connectivity index (χ4n) is 2.30. The second-order valence-corrected chi connectivity index (χ2v) is 7.85. The van der Waals surface area contributed by atoms with Crippen molar-refractivity contribution < 1.29 is 4.74 Å². The maximum Gasteiger partial charge on any atom is 0.123 e. The van der Waals surface area contributed by atoms with Crippen molar-refractivity contribution in [2.75, 3.05) is 13.2 Å². The smallest absolute Gasteiger partial charge is 0.123 e. The maximum absolute atomic E-state index is 6.12. The molecule has 0 amide bonds. The molecule has 0 aliphatic rings. The number of hydrogen-bond donors (Lipinski definition) is 2. The van der Waals surface area contributed by atoms with Crippen molar-refractivity contribution in [3.63, 3.8) is 0 Å². The van der Waals surface area contributed by atoms with Crippen LogP contribution in [0.3, 0.4) is 0 Å². The van der Waals surface area contributed by atoms with E-state index in [1.165, 1.54) is 10.5 Å². The van der Waals surface area contributed by atoms with E-state index >= 15 is 0 Å². The van der Waals surface area contributed by atoms with Crippen LogP contribution in [-0.4, -0.2) is 19.2 Å². The first-order chi connectivity index (χ1) is 11.6. The van der Waals surface area contributed by atoms with Crippen LogP contribution in [0.15, 0.2) is 57.9 Å². The van der Waals surface area contributed by atoms with E-state index in [1.807, 2.05) is 18.2 Å². The monoisotopic (exact) mass is 408 g/mol. The highest BCUT2D eigenvalue weighted by atomic mass is 79.9. The van der Waals surface area contributed by atoms with E-state index in [-0.39, 0.29) is 12.0 Å². The predicted molar refractivity (Wildman–Crippen MR) is 106 cm³/mol. The molecular formula is C19H25BrN2OS. The average Bonchev–Trinajstić information content (AvgIpc) is 2.60. The molecule has 2 rings (SSSR count). The minimum absolute atomic E-state index is 0.0765. The molecule has 0 bridgehead atoms. The third kappa shape index (κ3) is 6.13. The molecule has 2 unspecified atom stereocenters. The molecular weight excluding hydrogens is 384 g/mol. The fraction of sp³-hybridized carbons (Fsp3) is 0.368. The largest absolute Gasteiger partial charge is 0.493 e. The topological polar surface area (TPSA) is 61.3 Å². The third-order valence-electron chi connectivity index (χ3n) is 3.89. The van der Waals surface area contributed by atoms with E-state index < -0.39 is 0 Å². The standard InChI is InChI=1S/C19H25BrN2OS/c1-14(18(22)9-10-21)12-23-19-8-7-16(20)11-15(19)13-24-17-5-3-2-4-6-17/h2-8,11,14,18H,9-10,12-13,21-22H2,1H3. The first-order valence-electron chi connectivity index (χ1n) is 8.15. The number of benzene rings is 2. The van der Waals surface area contributed by atoms with Crippen LogP contribution < -0.4 is 16.2 Å². The second kappa shape index (κ2) is 10.1. The lowest BCUT2D eigenvalue weighted by molar-refractivity contribution is 0.233. The molecule has 0 saturated carbocycles. The lowest BCUT2D eigenvalue weighted by Crippen LogP contribution is -2.34. The second-order valence-electron chi connectivity index (χ2n) is 5.88. The summed E-state index contributed by atoms with van der Waals surface area (Å²) in [5.41, 5.74) is 12.9. The number of nitrogens with two attached hydrogens (primary N) is 2. The Balaban J connectivity index is 1.99. The first-order valence-corrected chi connectivity index (χ1v) is 9.92. The van der Waals surface area contributed by atoms with E-state index in [2.05, 4.69) is 53.2 Å². The quantitative estimate of drug-likeness (QED) is 0.602. The zero-order valence-electron chi connectivity index (χ0n) is 14.0. The summed E-state index contributed by atoms with van der Waals surface area (Å²) in [6, 6.07) is 16.6. The fourth-order valence-corrected chi connectivity index (χ4v) is 3.61. The predicted octanol–water partition coefficient (Wildman–Crippen LogP) is 4.43. The number of ether oxygens (including phenoxy) is 1. The molecule has 0 aromatic heterocycles. The minimum Gasteiger partial charge on any atom is -0.493 e. The SMILES string of the molecule is CC(COc1ccc(Br)cc1CSc1ccccc1)C(N)CCN. The lowest BCUT2D eigenvalue weighted by atomic mass is 10.0. The van der Waals surface area contributed by atoms with E-state index in [9.17, 15) is 0 Å². The Bertz CT molecular complexity index is 624. The summed E-state index contributed by atoms with van der Waals surface area (Å²) in [5.74, 6) is 2.06. The molecule has 0 radical (unpaired) electrons. The van der Waals surface area contributed by atoms with Crippen LogP contribution in [0.5, 0.6) is 5.75 Å². The Morgan fingerprint density at radius 3 is 2.62 bits per heavy atom. The highest BCUT2D eigenvalue weighted by Gasteiger charge is 2.14. The molecule has 2 atom stereocenters. The van der Waals surface area contributed by atoms with Gasteiger partial charge in [-0.15, -0.1) is 11.8 Å².